The molecule has 3 aromatic rings. The Balaban J connectivity index is 1.16. The van der Waals surface area contributed by atoms with Crippen molar-refractivity contribution in [3.05, 3.63) is 30.1 Å². The number of benzene rings is 1. The first-order valence-electron chi connectivity index (χ1n) is 12.9. The molecule has 0 spiro atoms. The SMILES string of the molecule is O=C1CCCN1CCn1cnc2c(NCCO)nc(N3CCN(Cc4ccc5c(c4)OCO5)CC3)nc21. The first kappa shape index (κ1) is 23.7. The fourth-order valence-corrected chi connectivity index (χ4v) is 5.11. The van der Waals surface area contributed by atoms with Crippen LogP contribution in [0.15, 0.2) is 24.5 Å². The number of hydrogen-bond donors (Lipinski definition) is 2. The number of likely N-dealkylation sites (tertiary alicyclic amines) is 1. The molecule has 0 atom stereocenters. The summed E-state index contributed by atoms with van der Waals surface area (Å²) >= 11 is 0. The number of anilines is 2. The Kier molecular flexibility index (Phi) is 6.66. The summed E-state index contributed by atoms with van der Waals surface area (Å²) < 4.78 is 12.9. The highest BCUT2D eigenvalue weighted by atomic mass is 16.7. The van der Waals surface area contributed by atoms with Crippen molar-refractivity contribution in [1.82, 2.24) is 29.3 Å². The van der Waals surface area contributed by atoms with E-state index in [1.165, 1.54) is 5.56 Å². The molecular formula is C25H32N8O4. The van der Waals surface area contributed by atoms with E-state index in [2.05, 4.69) is 32.2 Å². The Morgan fingerprint density at radius 1 is 1.03 bits per heavy atom. The Hall–Kier alpha value is -3.64. The van der Waals surface area contributed by atoms with Crippen LogP contribution in [0.5, 0.6) is 11.5 Å². The van der Waals surface area contributed by atoms with Crippen LogP contribution in [0.3, 0.4) is 0 Å². The third kappa shape index (κ3) is 4.98. The molecule has 5 heterocycles. The van der Waals surface area contributed by atoms with Crippen molar-refractivity contribution < 1.29 is 19.4 Å². The van der Waals surface area contributed by atoms with Gasteiger partial charge in [0.15, 0.2) is 28.5 Å². The van der Waals surface area contributed by atoms with E-state index in [0.717, 1.165) is 62.8 Å². The average molecular weight is 509 g/mol. The van der Waals surface area contributed by atoms with Crippen LogP contribution in [0.4, 0.5) is 11.8 Å². The summed E-state index contributed by atoms with van der Waals surface area (Å²) in [5.41, 5.74) is 2.61. The molecule has 6 rings (SSSR count). The number of fused-ring (bicyclic) bond motifs is 2. The molecule has 3 aliphatic rings. The molecule has 12 heteroatoms. The van der Waals surface area contributed by atoms with E-state index in [9.17, 15) is 9.90 Å². The second kappa shape index (κ2) is 10.4. The lowest BCUT2D eigenvalue weighted by Crippen LogP contribution is -2.46. The van der Waals surface area contributed by atoms with Crippen LogP contribution in [0.2, 0.25) is 0 Å². The Labute approximate surface area is 214 Å². The van der Waals surface area contributed by atoms with Crippen molar-refractivity contribution in [2.24, 2.45) is 0 Å². The standard InChI is InChI=1S/C25H32N8O4/c34-13-5-26-23-22-24(33(16-27-22)12-11-31-6-1-2-21(31)35)29-25(28-23)32-9-7-30(8-10-32)15-18-3-4-19-20(14-18)37-17-36-19/h3-4,14,16,34H,1-2,5-13,15,17H2,(H,26,28,29). The number of hydrogen-bond acceptors (Lipinski definition) is 10. The van der Waals surface area contributed by atoms with E-state index in [1.807, 2.05) is 15.5 Å². The summed E-state index contributed by atoms with van der Waals surface area (Å²) in [5, 5.41) is 12.6. The zero-order valence-corrected chi connectivity index (χ0v) is 20.8. The molecule has 196 valence electrons. The van der Waals surface area contributed by atoms with Gasteiger partial charge in [-0.15, -0.1) is 0 Å². The molecule has 0 unspecified atom stereocenters. The van der Waals surface area contributed by atoms with Gasteiger partial charge in [-0.2, -0.15) is 9.97 Å². The van der Waals surface area contributed by atoms with Gasteiger partial charge < -0.3 is 34.3 Å². The van der Waals surface area contributed by atoms with Crippen LogP contribution in [0, 0.1) is 0 Å². The minimum atomic E-state index is -0.00283. The second-order valence-electron chi connectivity index (χ2n) is 9.57. The average Bonchev–Trinajstić information content (AvgIpc) is 3.66. The number of amides is 1. The fourth-order valence-electron chi connectivity index (χ4n) is 5.11. The number of nitrogens with one attached hydrogen (secondary N) is 1. The van der Waals surface area contributed by atoms with Crippen LogP contribution in [0.1, 0.15) is 18.4 Å². The molecule has 3 aliphatic heterocycles. The monoisotopic (exact) mass is 508 g/mol. The molecule has 12 nitrogen and oxygen atoms in total. The van der Waals surface area contributed by atoms with Crippen molar-refractivity contribution in [1.29, 1.82) is 0 Å². The highest BCUT2D eigenvalue weighted by Crippen LogP contribution is 2.33. The maximum atomic E-state index is 12.0. The van der Waals surface area contributed by atoms with Crippen molar-refractivity contribution in [2.75, 3.05) is 69.4 Å². The quantitative estimate of drug-likeness (QED) is 0.431. The Morgan fingerprint density at radius 2 is 1.89 bits per heavy atom. The van der Waals surface area contributed by atoms with E-state index >= 15 is 0 Å². The molecule has 1 aromatic carbocycles. The summed E-state index contributed by atoms with van der Waals surface area (Å²) in [5.74, 6) is 3.09. The van der Waals surface area contributed by atoms with Gasteiger partial charge in [0.25, 0.3) is 0 Å². The number of aromatic nitrogens is 4. The minimum Gasteiger partial charge on any atom is -0.454 e. The highest BCUT2D eigenvalue weighted by molar-refractivity contribution is 5.84. The maximum absolute atomic E-state index is 12.0. The lowest BCUT2D eigenvalue weighted by Gasteiger charge is -2.34. The van der Waals surface area contributed by atoms with Crippen LogP contribution in [-0.4, -0.2) is 99.5 Å². The van der Waals surface area contributed by atoms with Gasteiger partial charge in [0.05, 0.1) is 12.9 Å². The van der Waals surface area contributed by atoms with E-state index in [1.54, 1.807) is 6.33 Å². The topological polar surface area (TPSA) is 121 Å². The van der Waals surface area contributed by atoms with E-state index in [0.29, 0.717) is 43.3 Å². The molecular weight excluding hydrogens is 476 g/mol. The number of imidazole rings is 1. The molecule has 2 aromatic heterocycles. The third-order valence-corrected chi connectivity index (χ3v) is 7.14. The van der Waals surface area contributed by atoms with Gasteiger partial charge in [0.1, 0.15) is 0 Å². The smallest absolute Gasteiger partial charge is 0.231 e. The number of carbonyl (C=O) groups is 1. The summed E-state index contributed by atoms with van der Waals surface area (Å²) in [6.45, 7) is 6.94. The van der Waals surface area contributed by atoms with Gasteiger partial charge in [-0.05, 0) is 24.1 Å². The lowest BCUT2D eigenvalue weighted by molar-refractivity contribution is -0.127. The van der Waals surface area contributed by atoms with Gasteiger partial charge in [0.2, 0.25) is 18.6 Å². The van der Waals surface area contributed by atoms with E-state index in [-0.39, 0.29) is 19.3 Å². The number of nitrogens with zero attached hydrogens (tertiary/aromatic N) is 7. The molecule has 0 bridgehead atoms. The normalized spacial score (nSPS) is 17.8. The number of carbonyl (C=O) groups excluding carboxylic acids is 1. The predicted octanol–water partition coefficient (Wildman–Crippen LogP) is 0.904. The van der Waals surface area contributed by atoms with Crippen LogP contribution >= 0.6 is 0 Å². The summed E-state index contributed by atoms with van der Waals surface area (Å²) in [7, 11) is 0. The third-order valence-electron chi connectivity index (χ3n) is 7.14. The lowest BCUT2D eigenvalue weighted by atomic mass is 10.1. The molecule has 0 radical (unpaired) electrons. The van der Waals surface area contributed by atoms with Crippen LogP contribution in [-0.2, 0) is 17.9 Å². The summed E-state index contributed by atoms with van der Waals surface area (Å²) in [4.78, 5) is 32.8. The van der Waals surface area contributed by atoms with Crippen LogP contribution < -0.4 is 19.7 Å². The van der Waals surface area contributed by atoms with Gasteiger partial charge in [0, 0.05) is 65.3 Å². The highest BCUT2D eigenvalue weighted by Gasteiger charge is 2.24. The number of aliphatic hydroxyl groups excluding tert-OH is 1. The zero-order chi connectivity index (χ0) is 25.2. The Morgan fingerprint density at radius 3 is 2.70 bits per heavy atom. The van der Waals surface area contributed by atoms with Crippen molar-refractivity contribution in [3.63, 3.8) is 0 Å². The fraction of sp³-hybridized carbons (Fsp3) is 0.520. The van der Waals surface area contributed by atoms with Gasteiger partial charge >= 0.3 is 0 Å². The molecule has 2 N–H and O–H groups in total. The summed E-state index contributed by atoms with van der Waals surface area (Å²) in [6, 6.07) is 6.12. The minimum absolute atomic E-state index is 0.00283. The number of ether oxygens (including phenoxy) is 2. The van der Waals surface area contributed by atoms with Gasteiger partial charge in [-0.1, -0.05) is 6.07 Å². The summed E-state index contributed by atoms with van der Waals surface area (Å²) in [6.07, 6.45) is 3.32. The largest absolute Gasteiger partial charge is 0.454 e. The number of rotatable bonds is 9. The van der Waals surface area contributed by atoms with Gasteiger partial charge in [-0.3, -0.25) is 9.69 Å². The first-order chi connectivity index (χ1) is 18.2. The first-order valence-corrected chi connectivity index (χ1v) is 12.9. The number of aliphatic hydroxyl groups is 1. The molecule has 1 amide bonds. The van der Waals surface area contributed by atoms with Gasteiger partial charge in [-0.25, -0.2) is 4.98 Å². The maximum Gasteiger partial charge on any atom is 0.231 e. The predicted molar refractivity (Wildman–Crippen MR) is 137 cm³/mol. The van der Waals surface area contributed by atoms with E-state index < -0.39 is 0 Å². The molecule has 2 fully saturated rings. The van der Waals surface area contributed by atoms with E-state index in [4.69, 9.17) is 19.4 Å². The molecule has 0 aliphatic carbocycles. The zero-order valence-electron chi connectivity index (χ0n) is 20.8. The number of piperazine rings is 1. The van der Waals surface area contributed by atoms with Crippen molar-refractivity contribution in [2.45, 2.75) is 25.9 Å². The Bertz CT molecular complexity index is 1270. The second-order valence-corrected chi connectivity index (χ2v) is 9.57. The van der Waals surface area contributed by atoms with Crippen molar-refractivity contribution in [3.8, 4) is 11.5 Å². The molecule has 2 saturated heterocycles. The van der Waals surface area contributed by atoms with Crippen molar-refractivity contribution >= 4 is 28.8 Å². The van der Waals surface area contributed by atoms with Crippen LogP contribution in [0.25, 0.3) is 11.2 Å². The molecule has 0 saturated carbocycles. The molecule has 37 heavy (non-hydrogen) atoms.